The van der Waals surface area contributed by atoms with Gasteiger partial charge in [-0.15, -0.1) is 0 Å². The molecule has 3 N–H and O–H groups in total. The summed E-state index contributed by atoms with van der Waals surface area (Å²) < 4.78 is 33.2. The van der Waals surface area contributed by atoms with Crippen LogP contribution in [0.2, 0.25) is 5.02 Å². The number of carbonyl (C=O) groups is 2. The van der Waals surface area contributed by atoms with Crippen LogP contribution in [-0.2, 0) is 26.2 Å². The molecule has 0 heterocycles. The lowest BCUT2D eigenvalue weighted by molar-refractivity contribution is -0.115. The second-order valence-corrected chi connectivity index (χ2v) is 9.09. The van der Waals surface area contributed by atoms with Crippen LogP contribution in [-0.4, -0.2) is 27.0 Å². The zero-order valence-corrected chi connectivity index (χ0v) is 19.2. The molecule has 8 nitrogen and oxygen atoms in total. The van der Waals surface area contributed by atoms with Crippen molar-refractivity contribution in [3.63, 3.8) is 0 Å². The van der Waals surface area contributed by atoms with Crippen LogP contribution in [0.4, 0.5) is 16.2 Å². The van der Waals surface area contributed by atoms with E-state index in [9.17, 15) is 18.0 Å². The fourth-order valence-electron chi connectivity index (χ4n) is 2.84. The van der Waals surface area contributed by atoms with Crippen LogP contribution in [0.15, 0.2) is 77.7 Å². The third-order valence-electron chi connectivity index (χ3n) is 4.49. The zero-order chi connectivity index (χ0) is 23.8. The molecule has 0 aliphatic rings. The minimum atomic E-state index is -3.96. The number of hydrogen-bond donors (Lipinski definition) is 3. The lowest BCUT2D eigenvalue weighted by atomic mass is 10.2. The molecule has 0 unspecified atom stereocenters. The van der Waals surface area contributed by atoms with Crippen LogP contribution in [0, 0.1) is 6.92 Å². The number of benzene rings is 3. The summed E-state index contributed by atoms with van der Waals surface area (Å²) in [6, 6.07) is 20.0. The number of nitrogens with one attached hydrogen (secondary N) is 3. The van der Waals surface area contributed by atoms with Crippen LogP contribution in [0.5, 0.6) is 0 Å². The van der Waals surface area contributed by atoms with Gasteiger partial charge in [-0.2, -0.15) is 0 Å². The first kappa shape index (κ1) is 24.1. The van der Waals surface area contributed by atoms with Gasteiger partial charge in [-0.1, -0.05) is 60.1 Å². The van der Waals surface area contributed by atoms with Crippen LogP contribution in [0.3, 0.4) is 0 Å². The Kier molecular flexibility index (Phi) is 7.92. The molecule has 0 bridgehead atoms. The normalized spacial score (nSPS) is 10.8. The van der Waals surface area contributed by atoms with E-state index in [2.05, 4.69) is 15.4 Å². The monoisotopic (exact) mass is 487 g/mol. The summed E-state index contributed by atoms with van der Waals surface area (Å²) in [5, 5.41) is 5.17. The Hall–Kier alpha value is -3.56. The lowest BCUT2D eigenvalue weighted by Crippen LogP contribution is -2.33. The van der Waals surface area contributed by atoms with Crippen molar-refractivity contribution in [1.29, 1.82) is 0 Å². The largest absolute Gasteiger partial charge is 0.445 e. The number of sulfonamides is 1. The van der Waals surface area contributed by atoms with Gasteiger partial charge < -0.3 is 15.4 Å². The highest BCUT2D eigenvalue weighted by molar-refractivity contribution is 7.92. The Labute approximate surface area is 197 Å². The average Bonchev–Trinajstić information content (AvgIpc) is 2.79. The maximum atomic E-state index is 12.9. The highest BCUT2D eigenvalue weighted by Crippen LogP contribution is 2.26. The minimum absolute atomic E-state index is 0.0181. The minimum Gasteiger partial charge on any atom is -0.445 e. The number of aryl methyl sites for hydroxylation is 1. The maximum Gasteiger partial charge on any atom is 0.407 e. The van der Waals surface area contributed by atoms with Gasteiger partial charge in [0.15, 0.2) is 0 Å². The van der Waals surface area contributed by atoms with E-state index >= 15 is 0 Å². The standard InChI is InChI=1S/C23H22ClN3O5S/c1-16-11-12-18(13-21(16)33(30,31)27-20-10-6-5-9-19(20)24)26-22(28)14-25-23(29)32-15-17-7-3-2-4-8-17/h2-13,27H,14-15H2,1H3,(H,25,29)(H,26,28). The molecule has 3 aromatic rings. The molecule has 3 aromatic carbocycles. The molecule has 0 aliphatic carbocycles. The van der Waals surface area contributed by atoms with Crippen molar-refractivity contribution < 1.29 is 22.7 Å². The number of para-hydroxylation sites is 1. The van der Waals surface area contributed by atoms with Gasteiger partial charge in [0.1, 0.15) is 13.2 Å². The van der Waals surface area contributed by atoms with E-state index in [0.717, 1.165) is 5.56 Å². The Morgan fingerprint density at radius 1 is 0.970 bits per heavy atom. The molecular formula is C23H22ClN3O5S. The van der Waals surface area contributed by atoms with E-state index in [-0.39, 0.29) is 34.4 Å². The molecule has 10 heteroatoms. The number of carbonyl (C=O) groups excluding carboxylic acids is 2. The Bertz CT molecular complexity index is 1250. The Morgan fingerprint density at radius 3 is 2.39 bits per heavy atom. The Morgan fingerprint density at radius 2 is 1.67 bits per heavy atom. The molecule has 172 valence electrons. The smallest absolute Gasteiger partial charge is 0.407 e. The fourth-order valence-corrected chi connectivity index (χ4v) is 4.43. The number of ether oxygens (including phenoxy) is 1. The van der Waals surface area contributed by atoms with Gasteiger partial charge in [-0.25, -0.2) is 13.2 Å². The zero-order valence-electron chi connectivity index (χ0n) is 17.7. The molecule has 0 aliphatic heterocycles. The van der Waals surface area contributed by atoms with Crippen molar-refractivity contribution in [1.82, 2.24) is 5.32 Å². The van der Waals surface area contributed by atoms with Crippen LogP contribution in [0.1, 0.15) is 11.1 Å². The predicted molar refractivity (Wildman–Crippen MR) is 127 cm³/mol. The summed E-state index contributed by atoms with van der Waals surface area (Å²) in [4.78, 5) is 24.0. The topological polar surface area (TPSA) is 114 Å². The summed E-state index contributed by atoms with van der Waals surface area (Å²) in [6.07, 6.45) is -0.745. The number of hydrogen-bond acceptors (Lipinski definition) is 5. The highest BCUT2D eigenvalue weighted by Gasteiger charge is 2.19. The average molecular weight is 488 g/mol. The van der Waals surface area contributed by atoms with Gasteiger partial charge in [0.25, 0.3) is 10.0 Å². The first-order valence-corrected chi connectivity index (χ1v) is 11.7. The molecule has 33 heavy (non-hydrogen) atoms. The predicted octanol–water partition coefficient (Wildman–Crippen LogP) is 4.31. The number of anilines is 2. The SMILES string of the molecule is Cc1ccc(NC(=O)CNC(=O)OCc2ccccc2)cc1S(=O)(=O)Nc1ccccc1Cl. The molecule has 0 saturated carbocycles. The van der Waals surface area contributed by atoms with E-state index < -0.39 is 22.0 Å². The number of rotatable bonds is 8. The summed E-state index contributed by atoms with van der Waals surface area (Å²) in [7, 11) is -3.96. The molecule has 0 aromatic heterocycles. The van der Waals surface area contributed by atoms with Crippen LogP contribution in [0.25, 0.3) is 0 Å². The number of alkyl carbamates (subject to hydrolysis) is 1. The molecule has 2 amide bonds. The van der Waals surface area contributed by atoms with Gasteiger partial charge in [-0.3, -0.25) is 9.52 Å². The fraction of sp³-hybridized carbons (Fsp3) is 0.130. The van der Waals surface area contributed by atoms with Crippen molar-refractivity contribution >= 4 is 45.0 Å². The first-order chi connectivity index (χ1) is 15.7. The van der Waals surface area contributed by atoms with E-state index in [4.69, 9.17) is 16.3 Å². The summed E-state index contributed by atoms with van der Waals surface area (Å²) >= 11 is 6.05. The molecule has 0 atom stereocenters. The van der Waals surface area contributed by atoms with E-state index in [1.165, 1.54) is 6.07 Å². The van der Waals surface area contributed by atoms with Crippen molar-refractivity contribution in [2.75, 3.05) is 16.6 Å². The third-order valence-corrected chi connectivity index (χ3v) is 6.32. The molecule has 0 radical (unpaired) electrons. The van der Waals surface area contributed by atoms with Crippen molar-refractivity contribution in [2.24, 2.45) is 0 Å². The van der Waals surface area contributed by atoms with Gasteiger partial charge in [0, 0.05) is 5.69 Å². The molecule has 3 rings (SSSR count). The van der Waals surface area contributed by atoms with E-state index in [1.54, 1.807) is 43.3 Å². The molecular weight excluding hydrogens is 466 g/mol. The molecule has 0 spiro atoms. The number of halogens is 1. The lowest BCUT2D eigenvalue weighted by Gasteiger charge is -2.13. The summed E-state index contributed by atoms with van der Waals surface area (Å²) in [6.45, 7) is 1.37. The molecule has 0 saturated heterocycles. The van der Waals surface area contributed by atoms with E-state index in [1.807, 2.05) is 30.3 Å². The molecule has 0 fully saturated rings. The summed E-state index contributed by atoms with van der Waals surface area (Å²) in [5.41, 5.74) is 1.79. The second kappa shape index (κ2) is 10.8. The summed E-state index contributed by atoms with van der Waals surface area (Å²) in [5.74, 6) is -0.544. The van der Waals surface area contributed by atoms with Crippen molar-refractivity contribution in [3.8, 4) is 0 Å². The van der Waals surface area contributed by atoms with Crippen LogP contribution < -0.4 is 15.4 Å². The number of amides is 2. The van der Waals surface area contributed by atoms with Gasteiger partial charge in [0.2, 0.25) is 5.91 Å². The van der Waals surface area contributed by atoms with Crippen LogP contribution >= 0.6 is 11.6 Å². The van der Waals surface area contributed by atoms with Crippen molar-refractivity contribution in [3.05, 3.63) is 88.9 Å². The highest BCUT2D eigenvalue weighted by atomic mass is 35.5. The first-order valence-electron chi connectivity index (χ1n) is 9.87. The van der Waals surface area contributed by atoms with Gasteiger partial charge in [-0.05, 0) is 42.3 Å². The maximum absolute atomic E-state index is 12.9. The van der Waals surface area contributed by atoms with Crippen molar-refractivity contribution in [2.45, 2.75) is 18.4 Å². The second-order valence-electron chi connectivity index (χ2n) is 7.03. The third kappa shape index (κ3) is 6.96. The Balaban J connectivity index is 1.59. The van der Waals surface area contributed by atoms with Gasteiger partial charge in [0.05, 0.1) is 15.6 Å². The quantitative estimate of drug-likeness (QED) is 0.438. The van der Waals surface area contributed by atoms with Gasteiger partial charge >= 0.3 is 6.09 Å². The van der Waals surface area contributed by atoms with E-state index in [0.29, 0.717) is 5.56 Å².